The first-order valence-electron chi connectivity index (χ1n) is 7.69. The Morgan fingerprint density at radius 1 is 1.21 bits per heavy atom. The Hall–Kier alpha value is -3.08. The third-order valence-electron chi connectivity index (χ3n) is 4.67. The highest BCUT2D eigenvalue weighted by Crippen LogP contribution is 2.34. The molecule has 24 heavy (non-hydrogen) atoms. The number of hydrogen-bond acceptors (Lipinski definition) is 2. The highest BCUT2D eigenvalue weighted by molar-refractivity contribution is 5.93. The summed E-state index contributed by atoms with van der Waals surface area (Å²) in [4.78, 5) is 23.8. The van der Waals surface area contributed by atoms with Gasteiger partial charge in [0.2, 0.25) is 0 Å². The molecule has 5 heteroatoms. The minimum absolute atomic E-state index is 0.186. The third-order valence-corrected chi connectivity index (χ3v) is 4.67. The van der Waals surface area contributed by atoms with Crippen LogP contribution in [0.1, 0.15) is 21.5 Å². The Kier molecular flexibility index (Phi) is 3.00. The van der Waals surface area contributed by atoms with Gasteiger partial charge in [-0.1, -0.05) is 12.2 Å². The first-order chi connectivity index (χ1) is 11.5. The minimum Gasteiger partial charge on any atom is -0.477 e. The number of hydrogen-bond donors (Lipinski definition) is 1. The average Bonchev–Trinajstić information content (AvgIpc) is 2.80. The van der Waals surface area contributed by atoms with Gasteiger partial charge in [-0.15, -0.1) is 0 Å². The standard InChI is InChI=1S/C19H16N2O3/c1-20-7-6-12-8-14-11(10-16(12)20)4-3-5-13-9-15(19(23)24)18(22)21(2)17(13)14/h3-4,6-10H,5H2,1-2H3,(H,23,24). The number of aryl methyl sites for hydroxylation is 1. The molecule has 2 heterocycles. The molecule has 0 radical (unpaired) electrons. The highest BCUT2D eigenvalue weighted by atomic mass is 16.4. The number of aromatic carboxylic acids is 1. The molecule has 0 atom stereocenters. The van der Waals surface area contributed by atoms with Crippen molar-refractivity contribution in [1.29, 1.82) is 0 Å². The van der Waals surface area contributed by atoms with E-state index in [1.54, 1.807) is 7.05 Å². The normalized spacial score (nSPS) is 12.8. The van der Waals surface area contributed by atoms with Gasteiger partial charge in [-0.2, -0.15) is 0 Å². The summed E-state index contributed by atoms with van der Waals surface area (Å²) >= 11 is 0. The minimum atomic E-state index is -1.19. The lowest BCUT2D eigenvalue weighted by Crippen LogP contribution is -2.26. The summed E-state index contributed by atoms with van der Waals surface area (Å²) in [5, 5.41) is 10.4. The Morgan fingerprint density at radius 3 is 2.75 bits per heavy atom. The largest absolute Gasteiger partial charge is 0.477 e. The Labute approximate surface area is 138 Å². The van der Waals surface area contributed by atoms with E-state index in [9.17, 15) is 14.7 Å². The van der Waals surface area contributed by atoms with E-state index >= 15 is 0 Å². The zero-order chi connectivity index (χ0) is 17.0. The van der Waals surface area contributed by atoms with Crippen molar-refractivity contribution in [2.24, 2.45) is 14.1 Å². The topological polar surface area (TPSA) is 64.2 Å². The van der Waals surface area contributed by atoms with E-state index in [1.807, 2.05) is 31.5 Å². The number of rotatable bonds is 1. The molecular formula is C19H16N2O3. The number of aromatic nitrogens is 2. The number of carboxylic acid groups (broad SMARTS) is 1. The third kappa shape index (κ3) is 1.94. The smallest absolute Gasteiger partial charge is 0.341 e. The van der Waals surface area contributed by atoms with Crippen LogP contribution in [0.25, 0.3) is 28.2 Å². The van der Waals surface area contributed by atoms with Crippen molar-refractivity contribution >= 4 is 22.9 Å². The number of fused-ring (bicyclic) bond motifs is 4. The van der Waals surface area contributed by atoms with E-state index in [2.05, 4.69) is 16.7 Å². The first kappa shape index (κ1) is 14.5. The van der Waals surface area contributed by atoms with Crippen LogP contribution in [0.3, 0.4) is 0 Å². The molecule has 0 fully saturated rings. The fourth-order valence-corrected chi connectivity index (χ4v) is 3.45. The van der Waals surface area contributed by atoms with Crippen LogP contribution < -0.4 is 5.56 Å². The van der Waals surface area contributed by atoms with Gasteiger partial charge >= 0.3 is 5.97 Å². The van der Waals surface area contributed by atoms with E-state index in [1.165, 1.54) is 10.6 Å². The lowest BCUT2D eigenvalue weighted by molar-refractivity contribution is 0.0694. The number of benzene rings is 1. The van der Waals surface area contributed by atoms with Crippen LogP contribution in [0.5, 0.6) is 0 Å². The van der Waals surface area contributed by atoms with Crippen LogP contribution in [0.15, 0.2) is 41.3 Å². The van der Waals surface area contributed by atoms with Crippen molar-refractivity contribution in [3.63, 3.8) is 0 Å². The number of carbonyl (C=O) groups is 1. The number of nitrogens with zero attached hydrogens (tertiary/aromatic N) is 2. The van der Waals surface area contributed by atoms with Gasteiger partial charge in [0.15, 0.2) is 0 Å². The summed E-state index contributed by atoms with van der Waals surface area (Å²) in [7, 11) is 3.63. The summed E-state index contributed by atoms with van der Waals surface area (Å²) in [6, 6.07) is 7.72. The molecule has 1 N–H and O–H groups in total. The van der Waals surface area contributed by atoms with Crippen molar-refractivity contribution in [1.82, 2.24) is 9.13 Å². The molecule has 0 aliphatic heterocycles. The van der Waals surface area contributed by atoms with Gasteiger partial charge in [-0.05, 0) is 41.8 Å². The monoisotopic (exact) mass is 320 g/mol. The molecule has 0 saturated heterocycles. The highest BCUT2D eigenvalue weighted by Gasteiger charge is 2.21. The molecule has 0 bridgehead atoms. The van der Waals surface area contributed by atoms with Crippen LogP contribution in [-0.4, -0.2) is 20.2 Å². The zero-order valence-corrected chi connectivity index (χ0v) is 13.4. The quantitative estimate of drug-likeness (QED) is 0.750. The second-order valence-corrected chi connectivity index (χ2v) is 6.13. The Bertz CT molecular complexity index is 1100. The van der Waals surface area contributed by atoms with Gasteiger partial charge in [0.25, 0.3) is 5.56 Å². The van der Waals surface area contributed by atoms with E-state index in [0.717, 1.165) is 33.3 Å². The summed E-state index contributed by atoms with van der Waals surface area (Å²) in [5.74, 6) is -1.19. The molecule has 1 aliphatic carbocycles. The van der Waals surface area contributed by atoms with Gasteiger partial charge in [-0.25, -0.2) is 4.79 Å². The van der Waals surface area contributed by atoms with Gasteiger partial charge in [-0.3, -0.25) is 4.79 Å². The predicted molar refractivity (Wildman–Crippen MR) is 93.3 cm³/mol. The average molecular weight is 320 g/mol. The Morgan fingerprint density at radius 2 is 2.00 bits per heavy atom. The zero-order valence-electron chi connectivity index (χ0n) is 13.4. The molecule has 0 saturated carbocycles. The van der Waals surface area contributed by atoms with Crippen LogP contribution >= 0.6 is 0 Å². The number of pyridine rings is 1. The predicted octanol–water partition coefficient (Wildman–Crippen LogP) is 2.81. The first-order valence-corrected chi connectivity index (χ1v) is 7.69. The molecular weight excluding hydrogens is 304 g/mol. The van der Waals surface area contributed by atoms with Gasteiger partial charge in [0.1, 0.15) is 5.56 Å². The summed E-state index contributed by atoms with van der Waals surface area (Å²) in [6.07, 6.45) is 6.64. The van der Waals surface area contributed by atoms with Crippen molar-refractivity contribution in [2.45, 2.75) is 6.42 Å². The molecule has 0 unspecified atom stereocenters. The van der Waals surface area contributed by atoms with E-state index in [4.69, 9.17) is 0 Å². The number of allylic oxidation sites excluding steroid dienone is 1. The second kappa shape index (κ2) is 4.96. The van der Waals surface area contributed by atoms with Crippen molar-refractivity contribution in [3.8, 4) is 11.3 Å². The summed E-state index contributed by atoms with van der Waals surface area (Å²) in [6.45, 7) is 0. The van der Waals surface area contributed by atoms with Gasteiger partial charge in [0, 0.05) is 36.8 Å². The molecule has 4 rings (SSSR count). The summed E-state index contributed by atoms with van der Waals surface area (Å²) < 4.78 is 3.52. The Balaban J connectivity index is 2.11. The molecule has 5 nitrogen and oxygen atoms in total. The molecule has 0 spiro atoms. The maximum atomic E-state index is 12.4. The van der Waals surface area contributed by atoms with Crippen LogP contribution in [0.2, 0.25) is 0 Å². The van der Waals surface area contributed by atoms with Gasteiger partial charge < -0.3 is 14.2 Å². The van der Waals surface area contributed by atoms with Crippen LogP contribution in [-0.2, 0) is 20.5 Å². The van der Waals surface area contributed by atoms with Crippen molar-refractivity contribution < 1.29 is 9.90 Å². The van der Waals surface area contributed by atoms with Crippen LogP contribution in [0, 0.1) is 0 Å². The molecule has 120 valence electrons. The van der Waals surface area contributed by atoms with Crippen molar-refractivity contribution in [2.75, 3.05) is 0 Å². The fourth-order valence-electron chi connectivity index (χ4n) is 3.45. The van der Waals surface area contributed by atoms with E-state index in [-0.39, 0.29) is 5.56 Å². The lowest BCUT2D eigenvalue weighted by atomic mass is 9.98. The van der Waals surface area contributed by atoms with E-state index < -0.39 is 11.5 Å². The maximum absolute atomic E-state index is 12.4. The van der Waals surface area contributed by atoms with E-state index in [0.29, 0.717) is 6.42 Å². The second-order valence-electron chi connectivity index (χ2n) is 6.13. The number of carboxylic acids is 1. The van der Waals surface area contributed by atoms with Crippen molar-refractivity contribution in [3.05, 3.63) is 63.6 Å². The maximum Gasteiger partial charge on any atom is 0.341 e. The molecule has 1 aromatic carbocycles. The SMILES string of the molecule is Cn1c2c(cc(C(=O)O)c1=O)CC=Cc1cc3c(ccn3C)cc1-2. The lowest BCUT2D eigenvalue weighted by Gasteiger charge is -2.15. The molecule has 0 amide bonds. The molecule has 2 aromatic heterocycles. The fraction of sp³-hybridized carbons (Fsp3) is 0.158. The molecule has 1 aliphatic rings. The summed E-state index contributed by atoms with van der Waals surface area (Å²) in [5.41, 5.74) is 4.07. The van der Waals surface area contributed by atoms with Gasteiger partial charge in [0.05, 0.1) is 5.69 Å². The molecule has 3 aromatic rings. The van der Waals surface area contributed by atoms with Crippen LogP contribution in [0.4, 0.5) is 0 Å².